The quantitative estimate of drug-likeness (QED) is 0.502. The molecule has 0 heterocycles. The van der Waals surface area contributed by atoms with Crippen LogP contribution >= 0.6 is 0 Å². The topological polar surface area (TPSA) is 60.7 Å². The lowest BCUT2D eigenvalue weighted by Gasteiger charge is -2.14. The predicted octanol–water partition coefficient (Wildman–Crippen LogP) is 1.06. The first-order valence-corrected chi connectivity index (χ1v) is 5.19. The number of unbranched alkanes of at least 4 members (excludes halogenated alkanes) is 4. The first-order valence-electron chi connectivity index (χ1n) is 5.19. The molecule has 0 amide bonds. The Balaban J connectivity index is 3.21. The van der Waals surface area contributed by atoms with Crippen LogP contribution in [0.25, 0.3) is 0 Å². The molecule has 2 atom stereocenters. The van der Waals surface area contributed by atoms with E-state index in [0.29, 0.717) is 6.42 Å². The minimum atomic E-state index is -0.967. The van der Waals surface area contributed by atoms with Gasteiger partial charge in [-0.15, -0.1) is 0 Å². The van der Waals surface area contributed by atoms with Crippen molar-refractivity contribution in [3.63, 3.8) is 0 Å². The normalized spacial score (nSPS) is 15.7. The van der Waals surface area contributed by atoms with Crippen LogP contribution < -0.4 is 0 Å². The Labute approximate surface area is 80.4 Å². The molecule has 0 saturated heterocycles. The smallest absolute Gasteiger partial charge is 0.103 e. The fourth-order valence-electron chi connectivity index (χ4n) is 1.27. The molecular formula is C10H22O3. The number of rotatable bonds is 8. The second-order valence-electron chi connectivity index (χ2n) is 3.52. The van der Waals surface area contributed by atoms with Crippen LogP contribution in [-0.2, 0) is 0 Å². The number of hydrogen-bond donors (Lipinski definition) is 3. The average Bonchev–Trinajstić information content (AvgIpc) is 2.16. The summed E-state index contributed by atoms with van der Waals surface area (Å²) in [6, 6.07) is 0. The largest absolute Gasteiger partial charge is 0.394 e. The second-order valence-corrected chi connectivity index (χ2v) is 3.52. The highest BCUT2D eigenvalue weighted by Crippen LogP contribution is 2.09. The van der Waals surface area contributed by atoms with Crippen LogP contribution in [0.2, 0.25) is 0 Å². The number of aliphatic hydroxyl groups is 3. The van der Waals surface area contributed by atoms with Crippen molar-refractivity contribution in [2.75, 3.05) is 6.61 Å². The minimum absolute atomic E-state index is 0.351. The van der Waals surface area contributed by atoms with E-state index in [-0.39, 0.29) is 6.61 Å². The molecule has 0 aromatic heterocycles. The van der Waals surface area contributed by atoms with Gasteiger partial charge in [0.15, 0.2) is 0 Å². The fourth-order valence-corrected chi connectivity index (χ4v) is 1.27. The number of aliphatic hydroxyl groups excluding tert-OH is 3. The van der Waals surface area contributed by atoms with Crippen molar-refractivity contribution in [1.82, 2.24) is 0 Å². The Kier molecular flexibility index (Phi) is 8.40. The molecule has 3 nitrogen and oxygen atoms in total. The molecule has 0 bridgehead atoms. The highest BCUT2D eigenvalue weighted by molar-refractivity contribution is 4.65. The zero-order valence-corrected chi connectivity index (χ0v) is 8.45. The lowest BCUT2D eigenvalue weighted by molar-refractivity contribution is -0.0185. The van der Waals surface area contributed by atoms with Gasteiger partial charge in [-0.25, -0.2) is 0 Å². The SMILES string of the molecule is CCCCCCC[C@@H](O)[C@H](O)CO. The molecule has 0 fully saturated rings. The third kappa shape index (κ3) is 6.99. The van der Waals surface area contributed by atoms with Crippen molar-refractivity contribution in [3.8, 4) is 0 Å². The van der Waals surface area contributed by atoms with Gasteiger partial charge in [-0.05, 0) is 6.42 Å². The van der Waals surface area contributed by atoms with Gasteiger partial charge in [-0.2, -0.15) is 0 Å². The monoisotopic (exact) mass is 190 g/mol. The maximum absolute atomic E-state index is 9.26. The van der Waals surface area contributed by atoms with E-state index in [1.165, 1.54) is 19.3 Å². The summed E-state index contributed by atoms with van der Waals surface area (Å²) >= 11 is 0. The number of hydrogen-bond acceptors (Lipinski definition) is 3. The fraction of sp³-hybridized carbons (Fsp3) is 1.00. The van der Waals surface area contributed by atoms with Crippen molar-refractivity contribution >= 4 is 0 Å². The molecule has 0 aliphatic rings. The third-order valence-electron chi connectivity index (χ3n) is 2.23. The van der Waals surface area contributed by atoms with E-state index in [1.807, 2.05) is 0 Å². The molecule has 0 aliphatic carbocycles. The standard InChI is InChI=1S/C10H22O3/c1-2-3-4-5-6-7-9(12)10(13)8-11/h9-13H,2-8H2,1H3/t9-,10-/m1/s1. The summed E-state index contributed by atoms with van der Waals surface area (Å²) in [5.74, 6) is 0. The van der Waals surface area contributed by atoms with Gasteiger partial charge >= 0.3 is 0 Å². The summed E-state index contributed by atoms with van der Waals surface area (Å²) in [7, 11) is 0. The van der Waals surface area contributed by atoms with Gasteiger partial charge in [0.25, 0.3) is 0 Å². The van der Waals surface area contributed by atoms with Gasteiger partial charge in [-0.1, -0.05) is 39.0 Å². The first kappa shape index (κ1) is 12.9. The van der Waals surface area contributed by atoms with Crippen molar-refractivity contribution in [1.29, 1.82) is 0 Å². The highest BCUT2D eigenvalue weighted by Gasteiger charge is 2.13. The van der Waals surface area contributed by atoms with Gasteiger partial charge < -0.3 is 15.3 Å². The van der Waals surface area contributed by atoms with E-state index in [1.54, 1.807) is 0 Å². The molecule has 0 aromatic rings. The molecule has 0 aliphatic heterocycles. The van der Waals surface area contributed by atoms with Crippen LogP contribution in [0.1, 0.15) is 45.4 Å². The van der Waals surface area contributed by atoms with Crippen LogP contribution in [-0.4, -0.2) is 34.1 Å². The minimum Gasteiger partial charge on any atom is -0.394 e. The molecule has 0 radical (unpaired) electrons. The van der Waals surface area contributed by atoms with E-state index in [2.05, 4.69) is 6.92 Å². The van der Waals surface area contributed by atoms with E-state index in [4.69, 9.17) is 10.2 Å². The molecule has 0 rings (SSSR count). The third-order valence-corrected chi connectivity index (χ3v) is 2.23. The molecule has 3 heteroatoms. The lowest BCUT2D eigenvalue weighted by atomic mass is 10.1. The highest BCUT2D eigenvalue weighted by atomic mass is 16.4. The summed E-state index contributed by atoms with van der Waals surface area (Å²) in [6.45, 7) is 1.81. The van der Waals surface area contributed by atoms with E-state index in [0.717, 1.165) is 12.8 Å². The maximum Gasteiger partial charge on any atom is 0.103 e. The molecule has 0 aromatic carbocycles. The zero-order chi connectivity index (χ0) is 10.1. The lowest BCUT2D eigenvalue weighted by Crippen LogP contribution is -2.28. The summed E-state index contributed by atoms with van der Waals surface area (Å²) in [5.41, 5.74) is 0. The van der Waals surface area contributed by atoms with Crippen molar-refractivity contribution in [2.24, 2.45) is 0 Å². The Bertz CT molecular complexity index is 106. The Morgan fingerprint density at radius 3 is 2.08 bits per heavy atom. The van der Waals surface area contributed by atoms with Crippen LogP contribution in [0, 0.1) is 0 Å². The summed E-state index contributed by atoms with van der Waals surface area (Å²) in [6.07, 6.45) is 4.53. The Morgan fingerprint density at radius 2 is 1.54 bits per heavy atom. The van der Waals surface area contributed by atoms with Gasteiger partial charge in [-0.3, -0.25) is 0 Å². The molecule has 0 saturated carbocycles. The molecular weight excluding hydrogens is 168 g/mol. The average molecular weight is 190 g/mol. The van der Waals surface area contributed by atoms with Gasteiger partial charge in [0.2, 0.25) is 0 Å². The zero-order valence-electron chi connectivity index (χ0n) is 8.45. The predicted molar refractivity (Wildman–Crippen MR) is 52.5 cm³/mol. The van der Waals surface area contributed by atoms with E-state index < -0.39 is 12.2 Å². The van der Waals surface area contributed by atoms with Gasteiger partial charge in [0.05, 0.1) is 12.7 Å². The summed E-state index contributed by atoms with van der Waals surface area (Å²) in [5, 5.41) is 26.8. The molecule has 0 spiro atoms. The van der Waals surface area contributed by atoms with Crippen molar-refractivity contribution < 1.29 is 15.3 Å². The van der Waals surface area contributed by atoms with Gasteiger partial charge in [0.1, 0.15) is 6.10 Å². The molecule has 0 unspecified atom stereocenters. The molecule has 3 N–H and O–H groups in total. The summed E-state index contributed by atoms with van der Waals surface area (Å²) in [4.78, 5) is 0. The van der Waals surface area contributed by atoms with Crippen molar-refractivity contribution in [3.05, 3.63) is 0 Å². The molecule has 13 heavy (non-hydrogen) atoms. The summed E-state index contributed by atoms with van der Waals surface area (Å²) < 4.78 is 0. The van der Waals surface area contributed by atoms with Crippen LogP contribution in [0.3, 0.4) is 0 Å². The van der Waals surface area contributed by atoms with E-state index in [9.17, 15) is 5.11 Å². The van der Waals surface area contributed by atoms with Crippen LogP contribution in [0.15, 0.2) is 0 Å². The van der Waals surface area contributed by atoms with Crippen molar-refractivity contribution in [2.45, 2.75) is 57.7 Å². The van der Waals surface area contributed by atoms with Gasteiger partial charge in [0, 0.05) is 0 Å². The Hall–Kier alpha value is -0.120. The Morgan fingerprint density at radius 1 is 0.923 bits per heavy atom. The van der Waals surface area contributed by atoms with Crippen LogP contribution in [0.5, 0.6) is 0 Å². The second kappa shape index (κ2) is 8.48. The maximum atomic E-state index is 9.26. The molecule has 80 valence electrons. The first-order chi connectivity index (χ1) is 6.22. The van der Waals surface area contributed by atoms with Crippen LogP contribution in [0.4, 0.5) is 0 Å². The van der Waals surface area contributed by atoms with E-state index >= 15 is 0 Å².